The van der Waals surface area contributed by atoms with Crippen molar-refractivity contribution in [3.05, 3.63) is 65.4 Å². The third kappa shape index (κ3) is 4.85. The van der Waals surface area contributed by atoms with Gasteiger partial charge in [-0.05, 0) is 63.5 Å². The zero-order chi connectivity index (χ0) is 26.4. The van der Waals surface area contributed by atoms with Crippen LogP contribution >= 0.6 is 0 Å². The van der Waals surface area contributed by atoms with Crippen LogP contribution in [0.3, 0.4) is 0 Å². The molecule has 0 aliphatic carbocycles. The van der Waals surface area contributed by atoms with Crippen molar-refractivity contribution in [2.45, 2.75) is 45.3 Å². The summed E-state index contributed by atoms with van der Waals surface area (Å²) >= 11 is 0. The first kappa shape index (κ1) is 25.1. The third-order valence-corrected chi connectivity index (χ3v) is 8.08. The van der Waals surface area contributed by atoms with Crippen molar-refractivity contribution in [3.8, 4) is 17.0 Å². The molecule has 2 unspecified atom stereocenters. The van der Waals surface area contributed by atoms with E-state index in [1.54, 1.807) is 6.07 Å². The van der Waals surface area contributed by atoms with Gasteiger partial charge in [-0.3, -0.25) is 9.88 Å². The van der Waals surface area contributed by atoms with Gasteiger partial charge in [-0.15, -0.1) is 0 Å². The van der Waals surface area contributed by atoms with Crippen molar-refractivity contribution in [1.29, 1.82) is 0 Å². The summed E-state index contributed by atoms with van der Waals surface area (Å²) in [7, 11) is 2.20. The second-order valence-electron chi connectivity index (χ2n) is 11.1. The van der Waals surface area contributed by atoms with Crippen molar-refractivity contribution in [3.63, 3.8) is 0 Å². The standard InChI is InChI=1S/C29H34F2N6O/c1-18(2)37-8-9-38-29-23(30)10-21(11-25(29)37)28-24(31)14-33-27(34-28)12-22-5-4-19(13-32-22)15-36-16-20-6-7-35(3)17-26(20)36/h4-5,10-11,13-14,18,20,26H,6-9,12,15-17H2,1-3H3. The van der Waals surface area contributed by atoms with Crippen LogP contribution in [-0.2, 0) is 13.0 Å². The highest BCUT2D eigenvalue weighted by atomic mass is 19.1. The minimum Gasteiger partial charge on any atom is -0.486 e. The Bertz CT molecular complexity index is 1320. The molecular formula is C29H34F2N6O. The highest BCUT2D eigenvalue weighted by Crippen LogP contribution is 2.39. The predicted octanol–water partition coefficient (Wildman–Crippen LogP) is 4.15. The fourth-order valence-electron chi connectivity index (χ4n) is 5.96. The van der Waals surface area contributed by atoms with E-state index in [0.717, 1.165) is 37.4 Å². The fraction of sp³-hybridized carbons (Fsp3) is 0.483. The summed E-state index contributed by atoms with van der Waals surface area (Å²) in [5.41, 5.74) is 3.05. The minimum atomic E-state index is -0.592. The van der Waals surface area contributed by atoms with Crippen LogP contribution in [0.2, 0.25) is 0 Å². The van der Waals surface area contributed by atoms with Gasteiger partial charge in [0.15, 0.2) is 17.4 Å². The Balaban J connectivity index is 1.18. The molecule has 0 radical (unpaired) electrons. The van der Waals surface area contributed by atoms with E-state index in [-0.39, 0.29) is 17.5 Å². The van der Waals surface area contributed by atoms with Crippen LogP contribution < -0.4 is 9.64 Å². The number of halogens is 2. The van der Waals surface area contributed by atoms with Crippen LogP contribution in [-0.4, -0.2) is 76.7 Å². The van der Waals surface area contributed by atoms with E-state index in [4.69, 9.17) is 4.74 Å². The summed E-state index contributed by atoms with van der Waals surface area (Å²) in [4.78, 5) is 20.3. The molecule has 0 N–H and O–H groups in total. The number of likely N-dealkylation sites (tertiary alicyclic amines) is 2. The summed E-state index contributed by atoms with van der Waals surface area (Å²) < 4.78 is 35.4. The maximum atomic E-state index is 15.0. The second-order valence-corrected chi connectivity index (χ2v) is 11.1. The third-order valence-electron chi connectivity index (χ3n) is 8.08. The highest BCUT2D eigenvalue weighted by Gasteiger charge is 2.41. The first-order valence-corrected chi connectivity index (χ1v) is 13.5. The SMILES string of the molecule is CC(C)N1CCOc2c(F)cc(-c3nc(Cc4ccc(CN5CC6CCN(C)CC65)cn4)ncc3F)cc21. The first-order valence-electron chi connectivity index (χ1n) is 13.5. The van der Waals surface area contributed by atoms with Gasteiger partial charge >= 0.3 is 0 Å². The minimum absolute atomic E-state index is 0.0763. The Morgan fingerprint density at radius 1 is 1.05 bits per heavy atom. The maximum Gasteiger partial charge on any atom is 0.178 e. The van der Waals surface area contributed by atoms with E-state index in [0.29, 0.717) is 42.7 Å². The number of nitrogens with zero attached hydrogens (tertiary/aromatic N) is 6. The number of ether oxygens (including phenoxy) is 1. The molecule has 2 saturated heterocycles. The average molecular weight is 521 g/mol. The van der Waals surface area contributed by atoms with Gasteiger partial charge < -0.3 is 14.5 Å². The largest absolute Gasteiger partial charge is 0.486 e. The molecule has 2 aromatic heterocycles. The van der Waals surface area contributed by atoms with E-state index in [2.05, 4.69) is 42.8 Å². The number of fused-ring (bicyclic) bond motifs is 2. The molecule has 3 aliphatic rings. The molecule has 0 spiro atoms. The van der Waals surface area contributed by atoms with Crippen LogP contribution in [0.1, 0.15) is 37.4 Å². The monoisotopic (exact) mass is 520 g/mol. The fourth-order valence-corrected chi connectivity index (χ4v) is 5.96. The normalized spacial score (nSPS) is 21.6. The summed E-state index contributed by atoms with van der Waals surface area (Å²) in [5, 5.41) is 0. The number of anilines is 1. The second kappa shape index (κ2) is 10.2. The highest BCUT2D eigenvalue weighted by molar-refractivity contribution is 5.72. The zero-order valence-corrected chi connectivity index (χ0v) is 22.2. The molecule has 0 bridgehead atoms. The Labute approximate surface area is 222 Å². The van der Waals surface area contributed by atoms with Crippen LogP contribution in [0.4, 0.5) is 14.5 Å². The molecule has 200 valence electrons. The smallest absolute Gasteiger partial charge is 0.178 e. The lowest BCUT2D eigenvalue weighted by Crippen LogP contribution is -2.62. The molecule has 0 saturated carbocycles. The van der Waals surface area contributed by atoms with E-state index in [1.807, 2.05) is 26.1 Å². The Kier molecular flexibility index (Phi) is 6.74. The van der Waals surface area contributed by atoms with Gasteiger partial charge in [0.2, 0.25) is 0 Å². The van der Waals surface area contributed by atoms with Gasteiger partial charge in [0, 0.05) is 49.2 Å². The summed E-state index contributed by atoms with van der Waals surface area (Å²) in [6, 6.07) is 7.93. The molecule has 1 aromatic carbocycles. The molecule has 2 fully saturated rings. The lowest BCUT2D eigenvalue weighted by molar-refractivity contribution is -0.0432. The summed E-state index contributed by atoms with van der Waals surface area (Å²) in [6.07, 6.45) is 4.72. The van der Waals surface area contributed by atoms with E-state index < -0.39 is 11.6 Å². The van der Waals surface area contributed by atoms with Crippen LogP contribution in [0.25, 0.3) is 11.3 Å². The summed E-state index contributed by atoms with van der Waals surface area (Å²) in [5.74, 6) is 0.357. The number of likely N-dealkylation sites (N-methyl/N-ethyl adjacent to an activating group) is 1. The van der Waals surface area contributed by atoms with Gasteiger partial charge in [0.25, 0.3) is 0 Å². The number of rotatable bonds is 6. The first-order chi connectivity index (χ1) is 18.4. The molecule has 3 aromatic rings. The topological polar surface area (TPSA) is 57.6 Å². The van der Waals surface area contributed by atoms with Crippen molar-refractivity contribution < 1.29 is 13.5 Å². The number of aromatic nitrogens is 3. The van der Waals surface area contributed by atoms with E-state index in [9.17, 15) is 8.78 Å². The number of pyridine rings is 1. The number of benzene rings is 1. The predicted molar refractivity (Wildman–Crippen MR) is 142 cm³/mol. The quantitative estimate of drug-likeness (QED) is 0.484. The molecule has 38 heavy (non-hydrogen) atoms. The van der Waals surface area contributed by atoms with Gasteiger partial charge in [-0.2, -0.15) is 0 Å². The Morgan fingerprint density at radius 2 is 1.92 bits per heavy atom. The average Bonchev–Trinajstić information content (AvgIpc) is 2.90. The molecular weight excluding hydrogens is 486 g/mol. The molecule has 6 rings (SSSR count). The van der Waals surface area contributed by atoms with Crippen molar-refractivity contribution in [1.82, 2.24) is 24.8 Å². The lowest BCUT2D eigenvalue weighted by atomic mass is 9.82. The molecule has 9 heteroatoms. The van der Waals surface area contributed by atoms with Gasteiger partial charge in [-0.25, -0.2) is 18.7 Å². The molecule has 2 atom stereocenters. The molecule has 3 aliphatic heterocycles. The van der Waals surface area contributed by atoms with Gasteiger partial charge in [0.05, 0.1) is 24.8 Å². The van der Waals surface area contributed by atoms with E-state index >= 15 is 0 Å². The van der Waals surface area contributed by atoms with Crippen molar-refractivity contribution in [2.75, 3.05) is 44.7 Å². The zero-order valence-electron chi connectivity index (χ0n) is 22.2. The van der Waals surface area contributed by atoms with Crippen molar-refractivity contribution in [2.24, 2.45) is 5.92 Å². The van der Waals surface area contributed by atoms with Crippen molar-refractivity contribution >= 4 is 5.69 Å². The van der Waals surface area contributed by atoms with Crippen LogP contribution in [0.5, 0.6) is 5.75 Å². The number of hydrogen-bond donors (Lipinski definition) is 0. The molecule has 7 nitrogen and oxygen atoms in total. The van der Waals surface area contributed by atoms with Gasteiger partial charge in [0.1, 0.15) is 18.1 Å². The number of piperidine rings is 1. The maximum absolute atomic E-state index is 15.0. The summed E-state index contributed by atoms with van der Waals surface area (Å²) in [6.45, 7) is 9.53. The Morgan fingerprint density at radius 3 is 2.71 bits per heavy atom. The Hall–Kier alpha value is -3.17. The van der Waals surface area contributed by atoms with Crippen LogP contribution in [0, 0.1) is 17.6 Å². The van der Waals surface area contributed by atoms with E-state index in [1.165, 1.54) is 24.6 Å². The number of hydrogen-bond acceptors (Lipinski definition) is 7. The van der Waals surface area contributed by atoms with Gasteiger partial charge in [-0.1, -0.05) is 6.07 Å². The van der Waals surface area contributed by atoms with Crippen LogP contribution in [0.15, 0.2) is 36.7 Å². The molecule has 5 heterocycles. The lowest BCUT2D eigenvalue weighted by Gasteiger charge is -2.53. The molecule has 0 amide bonds.